The number of fused-ring (bicyclic) bond motifs is 1. The number of nitrogens with zero attached hydrogens (tertiary/aromatic N) is 7. The number of urea groups is 1. The lowest BCUT2D eigenvalue weighted by Gasteiger charge is -2.39. The third kappa shape index (κ3) is 4.75. The second kappa shape index (κ2) is 10.5. The van der Waals surface area contributed by atoms with Crippen LogP contribution in [-0.4, -0.2) is 77.4 Å². The molecule has 0 spiro atoms. The number of thiazole rings is 1. The number of carbonyl (C=O) groups is 1. The lowest BCUT2D eigenvalue weighted by Crippen LogP contribution is -2.53. The van der Waals surface area contributed by atoms with Crippen LogP contribution >= 0.6 is 22.9 Å². The molecule has 4 aliphatic rings. The Bertz CT molecular complexity index is 1630. The third-order valence-electron chi connectivity index (χ3n) is 8.78. The van der Waals surface area contributed by atoms with Crippen LogP contribution in [0.5, 0.6) is 0 Å². The number of anilines is 1. The van der Waals surface area contributed by atoms with Gasteiger partial charge < -0.3 is 9.80 Å². The van der Waals surface area contributed by atoms with Crippen molar-refractivity contribution in [3.05, 3.63) is 92.8 Å². The summed E-state index contributed by atoms with van der Waals surface area (Å²) in [7, 11) is 1.99. The summed E-state index contributed by atoms with van der Waals surface area (Å²) in [5.74, 6) is 0.370. The van der Waals surface area contributed by atoms with Crippen LogP contribution in [0.2, 0.25) is 5.02 Å². The van der Waals surface area contributed by atoms with E-state index in [1.165, 1.54) is 23.5 Å². The standard InChI is InChI=1S/C31H29ClFN7OS/c1-37-23(15-27(25-7-4-21(33)14-26(25)32)36-28(37)29-35-10-13-42-29)16-38-11-12-39-24(17-38)18-40(30(39)41)22-5-2-20(3-6-22)31(19-34)8-9-31/h2-7,10,13-15,24,27H,8-9,11-12,16-18H2,1H3/t24-,27+/m0/s1. The summed E-state index contributed by atoms with van der Waals surface area (Å²) < 4.78 is 13.8. The molecule has 11 heteroatoms. The molecule has 3 aromatic rings. The fraction of sp³-hybridized carbons (Fsp3) is 0.355. The summed E-state index contributed by atoms with van der Waals surface area (Å²) >= 11 is 7.98. The molecule has 42 heavy (non-hydrogen) atoms. The molecule has 4 heterocycles. The molecule has 8 nitrogen and oxygen atoms in total. The topological polar surface area (TPSA) is 79.1 Å². The molecular formula is C31H29ClFN7OS. The predicted molar refractivity (Wildman–Crippen MR) is 161 cm³/mol. The number of likely N-dealkylation sites (N-methyl/N-ethyl adjacent to an activating group) is 1. The number of hydrogen-bond donors (Lipinski definition) is 0. The van der Waals surface area contributed by atoms with Crippen LogP contribution in [0.1, 0.15) is 35.0 Å². The van der Waals surface area contributed by atoms with Gasteiger partial charge >= 0.3 is 6.03 Å². The lowest BCUT2D eigenvalue weighted by molar-refractivity contribution is 0.125. The molecule has 0 unspecified atom stereocenters. The van der Waals surface area contributed by atoms with Gasteiger partial charge in [-0.3, -0.25) is 14.8 Å². The van der Waals surface area contributed by atoms with Crippen LogP contribution in [0.25, 0.3) is 0 Å². The molecule has 2 atom stereocenters. The van der Waals surface area contributed by atoms with Crippen molar-refractivity contribution in [2.24, 2.45) is 4.99 Å². The fourth-order valence-corrected chi connectivity index (χ4v) is 7.13. The maximum absolute atomic E-state index is 13.8. The highest BCUT2D eigenvalue weighted by atomic mass is 35.5. The summed E-state index contributed by atoms with van der Waals surface area (Å²) in [6, 6.07) is 14.6. The molecule has 3 fully saturated rings. The van der Waals surface area contributed by atoms with E-state index in [9.17, 15) is 14.4 Å². The predicted octanol–water partition coefficient (Wildman–Crippen LogP) is 5.43. The first-order valence-electron chi connectivity index (χ1n) is 14.0. The smallest absolute Gasteiger partial charge is 0.324 e. The maximum Gasteiger partial charge on any atom is 0.324 e. The molecule has 2 saturated heterocycles. The van der Waals surface area contributed by atoms with Crippen LogP contribution in [0.3, 0.4) is 0 Å². The molecule has 3 aliphatic heterocycles. The summed E-state index contributed by atoms with van der Waals surface area (Å²) in [6.45, 7) is 3.42. The minimum atomic E-state index is -0.382. The SMILES string of the molecule is CN1C(CN2CCN3C(=O)N(c4ccc(C5(C#N)CC5)cc4)C[C@@H]3C2)=C[C@H](c2ccc(F)cc2Cl)N=C1c1nccs1. The summed E-state index contributed by atoms with van der Waals surface area (Å²) in [6.07, 6.45) is 5.65. The largest absolute Gasteiger partial charge is 0.330 e. The molecule has 0 bridgehead atoms. The number of hydrogen-bond acceptors (Lipinski definition) is 7. The number of amidine groups is 1. The second-order valence-electron chi connectivity index (χ2n) is 11.3. The molecule has 7 rings (SSSR count). The third-order valence-corrected chi connectivity index (χ3v) is 9.88. The van der Waals surface area contributed by atoms with Crippen molar-refractivity contribution in [1.82, 2.24) is 19.7 Å². The fourth-order valence-electron chi connectivity index (χ4n) is 6.19. The van der Waals surface area contributed by atoms with E-state index in [-0.39, 0.29) is 29.3 Å². The number of benzene rings is 2. The first kappa shape index (κ1) is 27.1. The van der Waals surface area contributed by atoms with E-state index in [1.54, 1.807) is 12.3 Å². The second-order valence-corrected chi connectivity index (χ2v) is 12.6. The number of halogens is 2. The highest BCUT2D eigenvalue weighted by Gasteiger charge is 2.45. The number of aliphatic imine (C=N–C) groups is 1. The van der Waals surface area contributed by atoms with Gasteiger partial charge in [0, 0.05) is 67.8 Å². The number of aromatic nitrogens is 1. The summed E-state index contributed by atoms with van der Waals surface area (Å²) in [5, 5.41) is 12.6. The molecular weight excluding hydrogens is 573 g/mol. The Morgan fingerprint density at radius 3 is 2.67 bits per heavy atom. The summed E-state index contributed by atoms with van der Waals surface area (Å²) in [4.78, 5) is 31.1. The van der Waals surface area contributed by atoms with Gasteiger partial charge in [0.05, 0.1) is 23.6 Å². The highest BCUT2D eigenvalue weighted by molar-refractivity contribution is 7.11. The van der Waals surface area contributed by atoms with Gasteiger partial charge in [0.2, 0.25) is 0 Å². The lowest BCUT2D eigenvalue weighted by atomic mass is 9.97. The number of rotatable bonds is 6. The maximum atomic E-state index is 13.8. The van der Waals surface area contributed by atoms with Crippen molar-refractivity contribution < 1.29 is 9.18 Å². The van der Waals surface area contributed by atoms with Gasteiger partial charge in [0.25, 0.3) is 0 Å². The van der Waals surface area contributed by atoms with Gasteiger partial charge in [-0.05, 0) is 54.3 Å². The minimum Gasteiger partial charge on any atom is -0.330 e. The number of piperazine rings is 1. The average Bonchev–Trinajstić information content (AvgIpc) is 3.46. The van der Waals surface area contributed by atoms with Gasteiger partial charge in [-0.25, -0.2) is 14.2 Å². The van der Waals surface area contributed by atoms with Gasteiger partial charge in [-0.1, -0.05) is 29.8 Å². The molecule has 1 saturated carbocycles. The number of amides is 2. The molecule has 2 amide bonds. The minimum absolute atomic E-state index is 0.0343. The Labute approximate surface area is 252 Å². The van der Waals surface area contributed by atoms with E-state index in [0.29, 0.717) is 24.7 Å². The van der Waals surface area contributed by atoms with Crippen molar-refractivity contribution in [2.45, 2.75) is 30.3 Å². The van der Waals surface area contributed by atoms with E-state index >= 15 is 0 Å². The van der Waals surface area contributed by atoms with Crippen LogP contribution in [-0.2, 0) is 5.41 Å². The molecule has 0 radical (unpaired) electrons. The summed E-state index contributed by atoms with van der Waals surface area (Å²) in [5.41, 5.74) is 3.37. The van der Waals surface area contributed by atoms with Crippen molar-refractivity contribution >= 4 is 40.5 Å². The van der Waals surface area contributed by atoms with Crippen LogP contribution in [0, 0.1) is 17.1 Å². The first-order chi connectivity index (χ1) is 20.3. The van der Waals surface area contributed by atoms with Crippen molar-refractivity contribution in [3.63, 3.8) is 0 Å². The van der Waals surface area contributed by atoms with E-state index in [1.807, 2.05) is 46.5 Å². The average molecular weight is 602 g/mol. The number of carbonyl (C=O) groups excluding carboxylic acids is 1. The van der Waals surface area contributed by atoms with Gasteiger partial charge in [0.1, 0.15) is 5.82 Å². The first-order valence-corrected chi connectivity index (χ1v) is 15.3. The van der Waals surface area contributed by atoms with Gasteiger partial charge in [-0.15, -0.1) is 11.3 Å². The van der Waals surface area contributed by atoms with Crippen molar-refractivity contribution in [3.8, 4) is 6.07 Å². The molecule has 0 N–H and O–H groups in total. The van der Waals surface area contributed by atoms with Crippen LogP contribution < -0.4 is 4.90 Å². The van der Waals surface area contributed by atoms with Crippen molar-refractivity contribution in [2.75, 3.05) is 44.7 Å². The molecule has 1 aromatic heterocycles. The Morgan fingerprint density at radius 2 is 1.98 bits per heavy atom. The highest BCUT2D eigenvalue weighted by Crippen LogP contribution is 2.47. The van der Waals surface area contributed by atoms with Gasteiger partial charge in [0.15, 0.2) is 10.8 Å². The quantitative estimate of drug-likeness (QED) is 0.376. The zero-order chi connectivity index (χ0) is 29.0. The molecule has 1 aliphatic carbocycles. The van der Waals surface area contributed by atoms with Crippen LogP contribution in [0.15, 0.2) is 70.8 Å². The van der Waals surface area contributed by atoms with Crippen LogP contribution in [0.4, 0.5) is 14.9 Å². The normalized spacial score (nSPS) is 23.4. The van der Waals surface area contributed by atoms with E-state index < -0.39 is 0 Å². The Hall–Kier alpha value is -3.78. The molecule has 214 valence electrons. The number of nitriles is 1. The van der Waals surface area contributed by atoms with Gasteiger partial charge in [-0.2, -0.15) is 5.26 Å². The van der Waals surface area contributed by atoms with Crippen molar-refractivity contribution in [1.29, 1.82) is 5.26 Å². The Balaban J connectivity index is 1.09. The van der Waals surface area contributed by atoms with E-state index in [2.05, 4.69) is 26.9 Å². The Kier molecular flexibility index (Phi) is 6.76. The van der Waals surface area contributed by atoms with E-state index in [4.69, 9.17) is 16.6 Å². The zero-order valence-electron chi connectivity index (χ0n) is 23.1. The Morgan fingerprint density at radius 1 is 1.17 bits per heavy atom. The van der Waals surface area contributed by atoms with E-state index in [0.717, 1.165) is 59.3 Å². The monoisotopic (exact) mass is 601 g/mol. The zero-order valence-corrected chi connectivity index (χ0v) is 24.7. The molecule has 2 aromatic carbocycles.